The monoisotopic (exact) mass is 399 g/mol. The van der Waals surface area contributed by atoms with Gasteiger partial charge >= 0.3 is 0 Å². The van der Waals surface area contributed by atoms with E-state index in [9.17, 15) is 19.3 Å². The van der Waals surface area contributed by atoms with Gasteiger partial charge in [-0.1, -0.05) is 19.1 Å². The van der Waals surface area contributed by atoms with Gasteiger partial charge in [-0.15, -0.1) is 0 Å². The average Bonchev–Trinajstić information content (AvgIpc) is 2.87. The molecule has 2 amide bonds. The SMILES string of the molecule is CCOC(CC(O)CN1C(=O)c2ccccc2C1=O)(OCC)O[PH](=O)CC. The van der Waals surface area contributed by atoms with Crippen LogP contribution in [0.3, 0.4) is 0 Å². The Balaban J connectivity index is 2.13. The lowest BCUT2D eigenvalue weighted by atomic mass is 10.1. The molecule has 0 bridgehead atoms. The Hall–Kier alpha value is -1.57. The van der Waals surface area contributed by atoms with E-state index in [4.69, 9.17) is 14.0 Å². The van der Waals surface area contributed by atoms with E-state index in [2.05, 4.69) is 0 Å². The molecule has 2 unspecified atom stereocenters. The summed E-state index contributed by atoms with van der Waals surface area (Å²) in [5.41, 5.74) is 0.616. The van der Waals surface area contributed by atoms with E-state index in [1.54, 1.807) is 45.0 Å². The average molecular weight is 399 g/mol. The molecule has 1 aromatic carbocycles. The number of rotatable bonds is 11. The molecule has 2 atom stereocenters. The number of hydrogen-bond acceptors (Lipinski definition) is 7. The van der Waals surface area contributed by atoms with Crippen LogP contribution in [-0.4, -0.2) is 59.8 Å². The fourth-order valence-electron chi connectivity index (χ4n) is 2.91. The van der Waals surface area contributed by atoms with Crippen molar-refractivity contribution in [2.45, 2.75) is 39.3 Å². The van der Waals surface area contributed by atoms with Crippen molar-refractivity contribution < 1.29 is 33.3 Å². The molecule has 9 heteroatoms. The molecular formula is C18H26NO7P. The highest BCUT2D eigenvalue weighted by molar-refractivity contribution is 7.39. The number of carbonyl (C=O) groups excluding carboxylic acids is 2. The first kappa shape index (κ1) is 21.7. The van der Waals surface area contributed by atoms with E-state index >= 15 is 0 Å². The largest absolute Gasteiger partial charge is 0.391 e. The number of amides is 2. The van der Waals surface area contributed by atoms with Crippen LogP contribution < -0.4 is 0 Å². The second-order valence-electron chi connectivity index (χ2n) is 6.00. The fourth-order valence-corrected chi connectivity index (χ4v) is 3.61. The van der Waals surface area contributed by atoms with Crippen LogP contribution in [0.2, 0.25) is 0 Å². The first-order valence-corrected chi connectivity index (χ1v) is 10.5. The zero-order valence-electron chi connectivity index (χ0n) is 15.8. The second kappa shape index (κ2) is 9.57. The summed E-state index contributed by atoms with van der Waals surface area (Å²) >= 11 is 0. The van der Waals surface area contributed by atoms with Gasteiger partial charge in [0.1, 0.15) is 0 Å². The van der Waals surface area contributed by atoms with Crippen LogP contribution in [0.1, 0.15) is 47.9 Å². The summed E-state index contributed by atoms with van der Waals surface area (Å²) in [5, 5.41) is 10.5. The molecule has 0 fully saturated rings. The summed E-state index contributed by atoms with van der Waals surface area (Å²) in [6.07, 6.45) is -1.09. The predicted octanol–water partition coefficient (Wildman–Crippen LogP) is 2.27. The number of β-amino-alcohol motifs (C(OH)–C–C–N with tert-alkyl or cyclic N) is 1. The maximum Gasteiger partial charge on any atom is 0.290 e. The maximum absolute atomic E-state index is 12.4. The summed E-state index contributed by atoms with van der Waals surface area (Å²) < 4.78 is 28.5. The molecule has 1 aliphatic rings. The summed E-state index contributed by atoms with van der Waals surface area (Å²) in [6, 6.07) is 6.50. The molecule has 27 heavy (non-hydrogen) atoms. The zero-order valence-corrected chi connectivity index (χ0v) is 16.8. The first-order valence-electron chi connectivity index (χ1n) is 9.00. The minimum Gasteiger partial charge on any atom is -0.391 e. The Morgan fingerprint density at radius 1 is 1.07 bits per heavy atom. The number of aliphatic hydroxyl groups excluding tert-OH is 1. The third-order valence-electron chi connectivity index (χ3n) is 4.04. The van der Waals surface area contributed by atoms with Crippen molar-refractivity contribution in [2.24, 2.45) is 0 Å². The van der Waals surface area contributed by atoms with Gasteiger partial charge in [0.25, 0.3) is 17.8 Å². The minimum absolute atomic E-state index is 0.196. The van der Waals surface area contributed by atoms with Crippen LogP contribution in [0, 0.1) is 0 Å². The molecule has 1 heterocycles. The van der Waals surface area contributed by atoms with Gasteiger partial charge in [-0.3, -0.25) is 23.6 Å². The number of imide groups is 1. The van der Waals surface area contributed by atoms with Crippen molar-refractivity contribution in [3.05, 3.63) is 35.4 Å². The van der Waals surface area contributed by atoms with Crippen molar-refractivity contribution in [3.63, 3.8) is 0 Å². The van der Waals surface area contributed by atoms with Crippen molar-refractivity contribution in [1.29, 1.82) is 0 Å². The Kier molecular flexibility index (Phi) is 7.70. The van der Waals surface area contributed by atoms with Gasteiger partial charge in [0.2, 0.25) is 0 Å². The third kappa shape index (κ3) is 5.03. The molecule has 0 aliphatic carbocycles. The maximum atomic E-state index is 12.4. The van der Waals surface area contributed by atoms with Gasteiger partial charge < -0.3 is 14.6 Å². The Labute approximate surface area is 159 Å². The lowest BCUT2D eigenvalue weighted by molar-refractivity contribution is -0.348. The second-order valence-corrected chi connectivity index (χ2v) is 7.66. The molecule has 1 N–H and O–H groups in total. The zero-order chi connectivity index (χ0) is 20.0. The Morgan fingerprint density at radius 2 is 1.59 bits per heavy atom. The Bertz CT molecular complexity index is 668. The van der Waals surface area contributed by atoms with Gasteiger partial charge in [-0.25, -0.2) is 0 Å². The highest BCUT2D eigenvalue weighted by atomic mass is 31.1. The molecule has 0 spiro atoms. The van der Waals surface area contributed by atoms with Crippen molar-refractivity contribution in [3.8, 4) is 0 Å². The van der Waals surface area contributed by atoms with Crippen LogP contribution >= 0.6 is 8.03 Å². The van der Waals surface area contributed by atoms with Crippen LogP contribution in [0.15, 0.2) is 24.3 Å². The van der Waals surface area contributed by atoms with Crippen molar-refractivity contribution in [1.82, 2.24) is 4.90 Å². The summed E-state index contributed by atoms with van der Waals surface area (Å²) in [7, 11) is -2.42. The van der Waals surface area contributed by atoms with E-state index in [1.165, 1.54) is 0 Å². The summed E-state index contributed by atoms with van der Waals surface area (Å²) in [5.74, 6) is -2.61. The Morgan fingerprint density at radius 3 is 2.04 bits per heavy atom. The van der Waals surface area contributed by atoms with Crippen molar-refractivity contribution >= 4 is 19.8 Å². The lowest BCUT2D eigenvalue weighted by Gasteiger charge is -2.34. The lowest BCUT2D eigenvalue weighted by Crippen LogP contribution is -2.45. The molecule has 0 saturated carbocycles. The molecule has 2 rings (SSSR count). The molecule has 150 valence electrons. The van der Waals surface area contributed by atoms with E-state index in [0.717, 1.165) is 4.90 Å². The van der Waals surface area contributed by atoms with Gasteiger partial charge in [-0.05, 0) is 26.0 Å². The smallest absolute Gasteiger partial charge is 0.290 e. The standard InChI is InChI=1S/C18H26NO7P/c1-4-24-18(25-5-2,26-27(23)6-3)11-13(20)12-19-16(21)14-9-7-8-10-15(14)17(19)22/h7-10,13,20,27H,4-6,11-12H2,1-3H3. The topological polar surface area (TPSA) is 102 Å². The van der Waals surface area contributed by atoms with Crippen LogP contribution in [0.5, 0.6) is 0 Å². The molecule has 8 nitrogen and oxygen atoms in total. The van der Waals surface area contributed by atoms with Crippen LogP contribution in [0.4, 0.5) is 0 Å². The molecular weight excluding hydrogens is 373 g/mol. The van der Waals surface area contributed by atoms with Crippen LogP contribution in [0.25, 0.3) is 0 Å². The quantitative estimate of drug-likeness (QED) is 0.346. The van der Waals surface area contributed by atoms with Crippen LogP contribution in [-0.2, 0) is 18.6 Å². The first-order chi connectivity index (χ1) is 12.9. The fraction of sp³-hybridized carbons (Fsp3) is 0.556. The highest BCUT2D eigenvalue weighted by Crippen LogP contribution is 2.35. The van der Waals surface area contributed by atoms with E-state index < -0.39 is 31.9 Å². The van der Waals surface area contributed by atoms with E-state index in [0.29, 0.717) is 17.3 Å². The predicted molar refractivity (Wildman–Crippen MR) is 99.0 cm³/mol. The van der Waals surface area contributed by atoms with E-state index in [1.807, 2.05) is 0 Å². The third-order valence-corrected chi connectivity index (χ3v) is 5.16. The molecule has 1 aromatic rings. The number of carbonyl (C=O) groups is 2. The summed E-state index contributed by atoms with van der Waals surface area (Å²) in [4.78, 5) is 25.9. The van der Waals surface area contributed by atoms with Gasteiger partial charge in [0, 0.05) is 19.4 Å². The normalized spacial score (nSPS) is 16.5. The molecule has 0 radical (unpaired) electrons. The molecule has 0 aromatic heterocycles. The number of ether oxygens (including phenoxy) is 2. The number of hydrogen-bond donors (Lipinski definition) is 1. The number of aliphatic hydroxyl groups is 1. The van der Waals surface area contributed by atoms with Gasteiger partial charge in [-0.2, -0.15) is 0 Å². The number of benzene rings is 1. The van der Waals surface area contributed by atoms with E-state index in [-0.39, 0.29) is 26.2 Å². The van der Waals surface area contributed by atoms with Gasteiger partial charge in [0.05, 0.1) is 30.2 Å². The number of fused-ring (bicyclic) bond motifs is 1. The molecule has 0 saturated heterocycles. The highest BCUT2D eigenvalue weighted by Gasteiger charge is 2.41. The van der Waals surface area contributed by atoms with Crippen molar-refractivity contribution in [2.75, 3.05) is 25.9 Å². The minimum atomic E-state index is -2.42. The molecule has 1 aliphatic heterocycles. The number of nitrogens with zero attached hydrogens (tertiary/aromatic N) is 1. The summed E-state index contributed by atoms with van der Waals surface area (Å²) in [6.45, 7) is 5.31. The van der Waals surface area contributed by atoms with Gasteiger partial charge in [0.15, 0.2) is 8.03 Å².